The van der Waals surface area contributed by atoms with Crippen LogP contribution in [0.1, 0.15) is 20.8 Å². The summed E-state index contributed by atoms with van der Waals surface area (Å²) < 4.78 is 17.2. The third-order valence-corrected chi connectivity index (χ3v) is 5.45. The lowest BCUT2D eigenvalue weighted by Gasteiger charge is -2.11. The molecule has 0 atom stereocenters. The number of halogens is 2. The molecule has 3 rings (SSSR count). The van der Waals surface area contributed by atoms with E-state index in [0.29, 0.717) is 21.5 Å². The van der Waals surface area contributed by atoms with Crippen LogP contribution in [0.4, 0.5) is 0 Å². The molecule has 7 nitrogen and oxygen atoms in total. The van der Waals surface area contributed by atoms with Gasteiger partial charge in [-0.05, 0) is 40.2 Å². The summed E-state index contributed by atoms with van der Waals surface area (Å²) in [6.07, 6.45) is 0. The first-order valence-corrected chi connectivity index (χ1v) is 9.49. The van der Waals surface area contributed by atoms with Crippen molar-refractivity contribution in [3.05, 3.63) is 63.2 Å². The van der Waals surface area contributed by atoms with Gasteiger partial charge in [0.25, 0.3) is 0 Å². The molecule has 0 N–H and O–H groups in total. The number of nitrogens with zero attached hydrogens (tertiary/aromatic N) is 2. The van der Waals surface area contributed by atoms with Gasteiger partial charge in [0.2, 0.25) is 0 Å². The average molecular weight is 480 g/mol. The predicted octanol–water partition coefficient (Wildman–Crippen LogP) is 4.54. The Hall–Kier alpha value is -2.84. The third-order valence-electron chi connectivity index (χ3n) is 4.17. The van der Waals surface area contributed by atoms with E-state index in [2.05, 4.69) is 21.0 Å². The fourth-order valence-corrected chi connectivity index (χ4v) is 3.43. The van der Waals surface area contributed by atoms with Gasteiger partial charge in [-0.2, -0.15) is 5.10 Å². The van der Waals surface area contributed by atoms with Crippen LogP contribution in [0.15, 0.2) is 46.9 Å². The molecule has 29 heavy (non-hydrogen) atoms. The minimum absolute atomic E-state index is 0.0819. The highest BCUT2D eigenvalue weighted by atomic mass is 79.9. The SMILES string of the molecule is COC(=O)c1c(-c2c(OC)ccc(Br)c2Cl)nn(-c2ccccc2)c1C(=O)OC. The van der Waals surface area contributed by atoms with Gasteiger partial charge in [0, 0.05) is 4.47 Å². The third kappa shape index (κ3) is 3.73. The molecular weight excluding hydrogens is 464 g/mol. The van der Waals surface area contributed by atoms with Crippen LogP contribution < -0.4 is 4.74 Å². The lowest BCUT2D eigenvalue weighted by Crippen LogP contribution is -2.15. The standard InChI is InChI=1S/C20H16BrClN2O5/c1-27-13-10-9-12(21)16(22)14(13)17-15(19(25)28-2)18(20(26)29-3)24(23-17)11-7-5-4-6-8-11/h4-10H,1-3H3. The second-order valence-corrected chi connectivity index (χ2v) is 6.97. The first-order valence-electron chi connectivity index (χ1n) is 8.32. The van der Waals surface area contributed by atoms with Crippen molar-refractivity contribution in [3.63, 3.8) is 0 Å². The van der Waals surface area contributed by atoms with E-state index in [-0.39, 0.29) is 22.0 Å². The number of hydrogen-bond acceptors (Lipinski definition) is 6. The van der Waals surface area contributed by atoms with Crippen molar-refractivity contribution in [2.75, 3.05) is 21.3 Å². The van der Waals surface area contributed by atoms with E-state index in [4.69, 9.17) is 25.8 Å². The topological polar surface area (TPSA) is 79.7 Å². The van der Waals surface area contributed by atoms with E-state index >= 15 is 0 Å². The van der Waals surface area contributed by atoms with Crippen molar-refractivity contribution >= 4 is 39.5 Å². The van der Waals surface area contributed by atoms with Crippen LogP contribution in [0.5, 0.6) is 5.75 Å². The molecule has 0 aliphatic carbocycles. The first kappa shape index (κ1) is 20.9. The van der Waals surface area contributed by atoms with Crippen molar-refractivity contribution in [2.45, 2.75) is 0 Å². The molecule has 0 aliphatic rings. The van der Waals surface area contributed by atoms with Gasteiger partial charge in [-0.25, -0.2) is 14.3 Å². The van der Waals surface area contributed by atoms with Gasteiger partial charge in [0.05, 0.1) is 37.6 Å². The number of carbonyl (C=O) groups is 2. The van der Waals surface area contributed by atoms with Crippen LogP contribution >= 0.6 is 27.5 Å². The first-order chi connectivity index (χ1) is 13.9. The molecule has 0 radical (unpaired) electrons. The zero-order chi connectivity index (χ0) is 21.1. The summed E-state index contributed by atoms with van der Waals surface area (Å²) in [7, 11) is 3.90. The largest absolute Gasteiger partial charge is 0.496 e. The Balaban J connectivity index is 2.46. The molecule has 0 saturated carbocycles. The molecule has 0 bridgehead atoms. The van der Waals surface area contributed by atoms with Crippen molar-refractivity contribution in [1.29, 1.82) is 0 Å². The van der Waals surface area contributed by atoms with Crippen LogP contribution in [0, 0.1) is 0 Å². The highest BCUT2D eigenvalue weighted by Crippen LogP contribution is 2.42. The summed E-state index contributed by atoms with van der Waals surface area (Å²) in [4.78, 5) is 25.3. The van der Waals surface area contributed by atoms with E-state index in [1.54, 1.807) is 36.4 Å². The number of ether oxygens (including phenoxy) is 3. The molecule has 2 aromatic carbocycles. The summed E-state index contributed by atoms with van der Waals surface area (Å²) >= 11 is 9.88. The van der Waals surface area contributed by atoms with Crippen molar-refractivity contribution in [3.8, 4) is 22.7 Å². The number of para-hydroxylation sites is 1. The normalized spacial score (nSPS) is 10.5. The Morgan fingerprint density at radius 3 is 2.24 bits per heavy atom. The Labute approximate surface area is 180 Å². The number of rotatable bonds is 5. The molecule has 0 saturated heterocycles. The van der Waals surface area contributed by atoms with E-state index in [1.165, 1.54) is 26.0 Å². The Morgan fingerprint density at radius 2 is 1.66 bits per heavy atom. The van der Waals surface area contributed by atoms with Crippen LogP contribution in [0.25, 0.3) is 16.9 Å². The molecule has 0 unspecified atom stereocenters. The van der Waals surface area contributed by atoms with E-state index < -0.39 is 11.9 Å². The molecule has 0 aliphatic heterocycles. The molecular formula is C20H16BrClN2O5. The van der Waals surface area contributed by atoms with Gasteiger partial charge in [0.1, 0.15) is 17.0 Å². The molecule has 9 heteroatoms. The van der Waals surface area contributed by atoms with Crippen LogP contribution in [0.3, 0.4) is 0 Å². The molecule has 1 aromatic heterocycles. The average Bonchev–Trinajstić information content (AvgIpc) is 3.15. The van der Waals surface area contributed by atoms with Crippen LogP contribution in [-0.2, 0) is 9.47 Å². The highest BCUT2D eigenvalue weighted by molar-refractivity contribution is 9.10. The Morgan fingerprint density at radius 1 is 1.00 bits per heavy atom. The molecule has 1 heterocycles. The van der Waals surface area contributed by atoms with E-state index in [0.717, 1.165) is 0 Å². The summed E-state index contributed by atoms with van der Waals surface area (Å²) in [6, 6.07) is 12.2. The number of benzene rings is 2. The van der Waals surface area contributed by atoms with Gasteiger partial charge in [-0.15, -0.1) is 0 Å². The van der Waals surface area contributed by atoms with Gasteiger partial charge in [-0.1, -0.05) is 29.8 Å². The number of carbonyl (C=O) groups excluding carboxylic acids is 2. The van der Waals surface area contributed by atoms with Crippen molar-refractivity contribution in [1.82, 2.24) is 9.78 Å². The van der Waals surface area contributed by atoms with Crippen LogP contribution in [-0.4, -0.2) is 43.0 Å². The van der Waals surface area contributed by atoms with E-state index in [9.17, 15) is 9.59 Å². The van der Waals surface area contributed by atoms with Gasteiger partial charge in [0.15, 0.2) is 5.69 Å². The lowest BCUT2D eigenvalue weighted by atomic mass is 10.0. The molecule has 0 spiro atoms. The zero-order valence-electron chi connectivity index (χ0n) is 15.7. The number of hydrogen-bond donors (Lipinski definition) is 0. The lowest BCUT2D eigenvalue weighted by molar-refractivity contribution is 0.0549. The molecule has 0 fully saturated rings. The Bertz CT molecular complexity index is 1080. The maximum atomic E-state index is 12.7. The van der Waals surface area contributed by atoms with Gasteiger partial charge in [-0.3, -0.25) is 0 Å². The summed E-state index contributed by atoms with van der Waals surface area (Å²) in [5, 5.41) is 4.80. The Kier molecular flexibility index (Phi) is 6.24. The molecule has 0 amide bonds. The summed E-state index contributed by atoms with van der Waals surface area (Å²) in [5.41, 5.74) is 0.850. The van der Waals surface area contributed by atoms with Crippen LogP contribution in [0.2, 0.25) is 5.02 Å². The fourth-order valence-electron chi connectivity index (χ4n) is 2.85. The van der Waals surface area contributed by atoms with Crippen molar-refractivity contribution in [2.24, 2.45) is 0 Å². The van der Waals surface area contributed by atoms with Gasteiger partial charge < -0.3 is 14.2 Å². The maximum Gasteiger partial charge on any atom is 0.357 e. The highest BCUT2D eigenvalue weighted by Gasteiger charge is 2.33. The molecule has 3 aromatic rings. The van der Waals surface area contributed by atoms with Gasteiger partial charge >= 0.3 is 11.9 Å². The quantitative estimate of drug-likeness (QED) is 0.500. The van der Waals surface area contributed by atoms with Crippen molar-refractivity contribution < 1.29 is 23.8 Å². The number of esters is 2. The second-order valence-electron chi connectivity index (χ2n) is 5.74. The number of aromatic nitrogens is 2. The minimum atomic E-state index is -0.763. The summed E-state index contributed by atoms with van der Waals surface area (Å²) in [5.74, 6) is -1.14. The summed E-state index contributed by atoms with van der Waals surface area (Å²) in [6.45, 7) is 0. The number of methoxy groups -OCH3 is 3. The second kappa shape index (κ2) is 8.67. The zero-order valence-corrected chi connectivity index (χ0v) is 18.1. The monoisotopic (exact) mass is 478 g/mol. The maximum absolute atomic E-state index is 12.7. The molecule has 150 valence electrons. The fraction of sp³-hybridized carbons (Fsp3) is 0.150. The predicted molar refractivity (Wildman–Crippen MR) is 111 cm³/mol. The minimum Gasteiger partial charge on any atom is -0.496 e. The smallest absolute Gasteiger partial charge is 0.357 e. The van der Waals surface area contributed by atoms with E-state index in [1.807, 2.05) is 6.07 Å².